The van der Waals surface area contributed by atoms with Crippen LogP contribution in [0.25, 0.3) is 0 Å². The van der Waals surface area contributed by atoms with E-state index in [-0.39, 0.29) is 0 Å². The van der Waals surface area contributed by atoms with Gasteiger partial charge in [-0.2, -0.15) is 8.42 Å². The molecule has 0 spiro atoms. The Morgan fingerprint density at radius 1 is 1.17 bits per heavy atom. The molecule has 76 valence electrons. The Bertz CT molecular complexity index is 278. The van der Waals surface area contributed by atoms with Crippen LogP contribution in [0.15, 0.2) is 0 Å². The molecule has 12 heavy (non-hydrogen) atoms. The Labute approximate surface area is 75.3 Å². The van der Waals surface area contributed by atoms with Gasteiger partial charge in [0.05, 0.1) is 0 Å². The molecule has 0 aliphatic carbocycles. The van der Waals surface area contributed by atoms with E-state index < -0.39 is 19.3 Å². The van der Waals surface area contributed by atoms with E-state index in [0.717, 1.165) is 10.8 Å². The normalized spacial score (nSPS) is 11.7. The topological polar surface area (TPSA) is 109 Å². The van der Waals surface area contributed by atoms with Crippen molar-refractivity contribution >= 4 is 30.1 Å². The van der Waals surface area contributed by atoms with E-state index in [9.17, 15) is 8.42 Å². The van der Waals surface area contributed by atoms with Gasteiger partial charge in [0.1, 0.15) is 0 Å². The van der Waals surface area contributed by atoms with Gasteiger partial charge >= 0.3 is 10.4 Å². The first-order valence-electron chi connectivity index (χ1n) is 2.60. The Balaban J connectivity index is 0. The van der Waals surface area contributed by atoms with Crippen LogP contribution in [0, 0.1) is 0 Å². The molecule has 0 unspecified atom stereocenters. The van der Waals surface area contributed by atoms with Crippen molar-refractivity contribution in [2.45, 2.75) is 6.92 Å². The Morgan fingerprint density at radius 3 is 1.42 bits per heavy atom. The molecule has 0 rings (SSSR count). The van der Waals surface area contributed by atoms with Crippen molar-refractivity contribution in [3.8, 4) is 0 Å². The minimum Gasteiger partial charge on any atom is -0.264 e. The van der Waals surface area contributed by atoms with Crippen molar-refractivity contribution in [1.82, 2.24) is 0 Å². The highest BCUT2D eigenvalue weighted by Gasteiger charge is 1.96. The van der Waals surface area contributed by atoms with Crippen LogP contribution < -0.4 is 0 Å². The molecule has 6 nitrogen and oxygen atoms in total. The van der Waals surface area contributed by atoms with Gasteiger partial charge < -0.3 is 0 Å². The molecule has 0 amide bonds. The summed E-state index contributed by atoms with van der Waals surface area (Å²) >= 11 is 0. The highest BCUT2D eigenvalue weighted by molar-refractivity contribution is 8.71. The van der Waals surface area contributed by atoms with Crippen LogP contribution in [-0.4, -0.2) is 37.9 Å². The van der Waals surface area contributed by atoms with Crippen molar-refractivity contribution in [1.29, 1.82) is 0 Å². The van der Waals surface area contributed by atoms with E-state index in [1.807, 2.05) is 6.92 Å². The van der Waals surface area contributed by atoms with Gasteiger partial charge in [-0.05, 0) is 10.8 Å². The van der Waals surface area contributed by atoms with Crippen LogP contribution in [0.4, 0.5) is 0 Å². The standard InChI is InChI=1S/C3H8O2S2.H2O4S/c1-3-6-7(2,4)5;1-5(2,3)4/h3H2,1-2H3;(H2,1,2,3,4). The smallest absolute Gasteiger partial charge is 0.264 e. The van der Waals surface area contributed by atoms with Crippen molar-refractivity contribution in [3.63, 3.8) is 0 Å². The highest BCUT2D eigenvalue weighted by atomic mass is 33.1. The summed E-state index contributed by atoms with van der Waals surface area (Å²) in [5.74, 6) is 0.638. The van der Waals surface area contributed by atoms with Crippen molar-refractivity contribution in [2.24, 2.45) is 0 Å². The van der Waals surface area contributed by atoms with E-state index >= 15 is 0 Å². The second-order valence-corrected chi connectivity index (χ2v) is 7.20. The molecule has 0 aliphatic rings. The maximum atomic E-state index is 10.2. The molecule has 0 bridgehead atoms. The Kier molecular flexibility index (Phi) is 7.04. The first-order chi connectivity index (χ1) is 5.06. The van der Waals surface area contributed by atoms with Crippen molar-refractivity contribution in [3.05, 3.63) is 0 Å². The number of hydrogen-bond donors (Lipinski definition) is 2. The maximum absolute atomic E-state index is 10.2. The van der Waals surface area contributed by atoms with Crippen molar-refractivity contribution in [2.75, 3.05) is 12.0 Å². The van der Waals surface area contributed by atoms with Gasteiger partial charge in [0, 0.05) is 12.0 Å². The molecule has 0 radical (unpaired) electrons. The lowest BCUT2D eigenvalue weighted by Gasteiger charge is -1.86. The van der Waals surface area contributed by atoms with Gasteiger partial charge in [0.25, 0.3) is 0 Å². The summed E-state index contributed by atoms with van der Waals surface area (Å²) in [7, 11) is -6.46. The lowest BCUT2D eigenvalue weighted by atomic mass is 11.0. The van der Waals surface area contributed by atoms with Gasteiger partial charge in [-0.25, -0.2) is 8.42 Å². The monoisotopic (exact) mass is 238 g/mol. The zero-order chi connectivity index (χ0) is 10.4. The van der Waals surface area contributed by atoms with Crippen molar-refractivity contribution < 1.29 is 25.9 Å². The fourth-order valence-corrected chi connectivity index (χ4v) is 1.93. The van der Waals surface area contributed by atoms with Crippen LogP contribution in [0.1, 0.15) is 6.92 Å². The van der Waals surface area contributed by atoms with Crippen LogP contribution in [0.3, 0.4) is 0 Å². The summed E-state index contributed by atoms with van der Waals surface area (Å²) in [5, 5.41) is 0. The number of rotatable bonds is 2. The van der Waals surface area contributed by atoms with E-state index in [2.05, 4.69) is 0 Å². The van der Waals surface area contributed by atoms with Gasteiger partial charge in [0.15, 0.2) is 8.87 Å². The Hall–Kier alpha value is 0.170. The quantitative estimate of drug-likeness (QED) is 0.516. The van der Waals surface area contributed by atoms with Crippen LogP contribution in [0.2, 0.25) is 0 Å². The lowest BCUT2D eigenvalue weighted by Crippen LogP contribution is -1.89. The molecule has 0 aromatic carbocycles. The summed E-state index contributed by atoms with van der Waals surface area (Å²) in [6.07, 6.45) is 1.21. The SMILES string of the molecule is CCSS(C)(=O)=O.O=S(=O)(O)O. The van der Waals surface area contributed by atoms with Gasteiger partial charge in [-0.3, -0.25) is 9.11 Å². The minimum atomic E-state index is -4.67. The predicted molar refractivity (Wildman–Crippen MR) is 47.2 cm³/mol. The molecule has 0 aromatic heterocycles. The van der Waals surface area contributed by atoms with E-state index in [4.69, 9.17) is 17.5 Å². The largest absolute Gasteiger partial charge is 0.394 e. The molecular weight excluding hydrogens is 228 g/mol. The third-order valence-electron chi connectivity index (χ3n) is 0.332. The first-order valence-corrected chi connectivity index (χ1v) is 7.39. The summed E-state index contributed by atoms with van der Waals surface area (Å²) in [4.78, 5) is 0. The molecule has 2 N–H and O–H groups in total. The fourth-order valence-electron chi connectivity index (χ4n) is 0.214. The van der Waals surface area contributed by atoms with Crippen LogP contribution in [-0.2, 0) is 19.3 Å². The van der Waals surface area contributed by atoms with Crippen LogP contribution >= 0.6 is 10.8 Å². The fraction of sp³-hybridized carbons (Fsp3) is 1.00. The molecule has 0 fully saturated rings. The minimum absolute atomic E-state index is 0.638. The third-order valence-corrected chi connectivity index (χ3v) is 2.99. The predicted octanol–water partition coefficient (Wildman–Crippen LogP) is 0.0463. The second-order valence-electron chi connectivity index (χ2n) is 1.56. The number of hydrogen-bond acceptors (Lipinski definition) is 5. The molecular formula is C3H10O6S3. The first kappa shape index (κ1) is 14.7. The summed E-state index contributed by atoms with van der Waals surface area (Å²) in [6.45, 7) is 1.81. The summed E-state index contributed by atoms with van der Waals surface area (Å²) in [5.41, 5.74) is 0. The summed E-state index contributed by atoms with van der Waals surface area (Å²) < 4.78 is 52.0. The second kappa shape index (κ2) is 5.75. The molecule has 0 heterocycles. The lowest BCUT2D eigenvalue weighted by molar-refractivity contribution is 0.381. The summed E-state index contributed by atoms with van der Waals surface area (Å²) in [6, 6.07) is 0. The average Bonchev–Trinajstić information content (AvgIpc) is 1.54. The molecule has 0 aromatic rings. The van der Waals surface area contributed by atoms with E-state index in [0.29, 0.717) is 5.75 Å². The Morgan fingerprint density at radius 2 is 1.42 bits per heavy atom. The molecule has 0 aliphatic heterocycles. The average molecular weight is 238 g/mol. The zero-order valence-electron chi connectivity index (χ0n) is 6.46. The van der Waals surface area contributed by atoms with E-state index in [1.165, 1.54) is 6.26 Å². The molecule has 0 saturated carbocycles. The molecule has 9 heteroatoms. The molecule has 0 atom stereocenters. The van der Waals surface area contributed by atoms with Gasteiger partial charge in [-0.1, -0.05) is 6.92 Å². The highest BCUT2D eigenvalue weighted by Crippen LogP contribution is 2.06. The van der Waals surface area contributed by atoms with Gasteiger partial charge in [-0.15, -0.1) is 0 Å². The molecule has 0 saturated heterocycles. The maximum Gasteiger partial charge on any atom is 0.394 e. The van der Waals surface area contributed by atoms with Crippen LogP contribution in [0.5, 0.6) is 0 Å². The third kappa shape index (κ3) is 49.2. The van der Waals surface area contributed by atoms with E-state index in [1.54, 1.807) is 0 Å². The van der Waals surface area contributed by atoms with Gasteiger partial charge in [0.2, 0.25) is 0 Å². The zero-order valence-corrected chi connectivity index (χ0v) is 8.91.